The molecule has 1 saturated carbocycles. The van der Waals surface area contributed by atoms with Crippen molar-refractivity contribution < 1.29 is 4.79 Å². The maximum absolute atomic E-state index is 12.6. The zero-order chi connectivity index (χ0) is 20.7. The number of hydrogen-bond acceptors (Lipinski definition) is 3. The van der Waals surface area contributed by atoms with Crippen molar-refractivity contribution in [3.8, 4) is 0 Å². The molecule has 4 aromatic rings. The van der Waals surface area contributed by atoms with E-state index in [1.807, 2.05) is 55.5 Å². The Morgan fingerprint density at radius 3 is 2.73 bits per heavy atom. The maximum atomic E-state index is 12.6. The second-order valence-corrected chi connectivity index (χ2v) is 8.15. The largest absolute Gasteiger partial charge is 0.399 e. The predicted octanol–water partition coefficient (Wildman–Crippen LogP) is 4.91. The summed E-state index contributed by atoms with van der Waals surface area (Å²) in [6.07, 6.45) is 1.43. The topological polar surface area (TPSA) is 83.8 Å². The minimum Gasteiger partial charge on any atom is -0.399 e. The van der Waals surface area contributed by atoms with Gasteiger partial charge in [0, 0.05) is 28.4 Å². The van der Waals surface area contributed by atoms with Crippen LogP contribution in [-0.4, -0.2) is 16.1 Å². The molecule has 0 aliphatic heterocycles. The Morgan fingerprint density at radius 2 is 1.93 bits per heavy atom. The van der Waals surface area contributed by atoms with Crippen LogP contribution in [0.15, 0.2) is 66.7 Å². The van der Waals surface area contributed by atoms with Crippen LogP contribution in [0.3, 0.4) is 0 Å². The lowest BCUT2D eigenvalue weighted by Crippen LogP contribution is -2.15. The first-order chi connectivity index (χ1) is 14.6. The van der Waals surface area contributed by atoms with E-state index in [0.717, 1.165) is 45.5 Å². The number of aromatic nitrogens is 2. The molecule has 30 heavy (non-hydrogen) atoms. The van der Waals surface area contributed by atoms with E-state index in [9.17, 15) is 4.79 Å². The first-order valence-electron chi connectivity index (χ1n) is 10.3. The summed E-state index contributed by atoms with van der Waals surface area (Å²) in [7, 11) is 0. The van der Waals surface area contributed by atoms with Crippen molar-refractivity contribution in [2.45, 2.75) is 31.6 Å². The number of anilines is 2. The van der Waals surface area contributed by atoms with E-state index in [4.69, 9.17) is 5.73 Å². The fourth-order valence-electron chi connectivity index (χ4n) is 4.25. The number of nitrogens with zero attached hydrogens (tertiary/aromatic N) is 1. The van der Waals surface area contributed by atoms with Crippen LogP contribution >= 0.6 is 0 Å². The number of amides is 1. The van der Waals surface area contributed by atoms with Crippen molar-refractivity contribution in [3.63, 3.8) is 0 Å². The normalized spacial score (nSPS) is 17.8. The van der Waals surface area contributed by atoms with E-state index < -0.39 is 0 Å². The van der Waals surface area contributed by atoms with Gasteiger partial charge in [-0.05, 0) is 60.2 Å². The lowest BCUT2D eigenvalue weighted by Gasteiger charge is -2.09. The van der Waals surface area contributed by atoms with Crippen molar-refractivity contribution in [2.75, 3.05) is 11.1 Å². The number of nitrogens with two attached hydrogens (primary N) is 1. The Bertz CT molecular complexity index is 1230. The van der Waals surface area contributed by atoms with Gasteiger partial charge in [-0.15, -0.1) is 0 Å². The number of carbonyl (C=O) groups is 1. The molecule has 0 radical (unpaired) electrons. The van der Waals surface area contributed by atoms with Crippen LogP contribution < -0.4 is 11.1 Å². The van der Waals surface area contributed by atoms with Crippen molar-refractivity contribution >= 4 is 28.2 Å². The first-order valence-corrected chi connectivity index (χ1v) is 10.3. The molecule has 5 nitrogen and oxygen atoms in total. The van der Waals surface area contributed by atoms with Gasteiger partial charge in [0.15, 0.2) is 0 Å². The molecule has 0 spiro atoms. The molecule has 2 unspecified atom stereocenters. The number of carbonyl (C=O) groups excluding carboxylic acids is 1. The van der Waals surface area contributed by atoms with Gasteiger partial charge in [0.05, 0.1) is 11.9 Å². The van der Waals surface area contributed by atoms with Gasteiger partial charge in [-0.25, -0.2) is 0 Å². The predicted molar refractivity (Wildman–Crippen MR) is 121 cm³/mol. The molecule has 2 atom stereocenters. The highest BCUT2D eigenvalue weighted by atomic mass is 16.1. The first kappa shape index (κ1) is 18.4. The molecular formula is C25H24N4O. The molecular weight excluding hydrogens is 372 g/mol. The number of rotatable bonds is 5. The number of benzene rings is 3. The summed E-state index contributed by atoms with van der Waals surface area (Å²) in [6, 6.07) is 22.0. The van der Waals surface area contributed by atoms with Gasteiger partial charge in [-0.1, -0.05) is 42.5 Å². The summed E-state index contributed by atoms with van der Waals surface area (Å²) in [4.78, 5) is 12.6. The highest BCUT2D eigenvalue weighted by Crippen LogP contribution is 2.55. The van der Waals surface area contributed by atoms with Gasteiger partial charge < -0.3 is 11.1 Å². The molecule has 1 aliphatic rings. The van der Waals surface area contributed by atoms with E-state index in [1.54, 1.807) is 0 Å². The number of fused-ring (bicyclic) bond motifs is 1. The summed E-state index contributed by atoms with van der Waals surface area (Å²) >= 11 is 0. The van der Waals surface area contributed by atoms with Crippen LogP contribution in [0, 0.1) is 6.92 Å². The Hall–Kier alpha value is -3.60. The number of aryl methyl sites for hydroxylation is 1. The molecule has 5 heteroatoms. The molecule has 150 valence electrons. The lowest BCUT2D eigenvalue weighted by molar-refractivity contribution is -0.115. The van der Waals surface area contributed by atoms with Crippen molar-refractivity contribution in [3.05, 3.63) is 89.1 Å². The van der Waals surface area contributed by atoms with Crippen molar-refractivity contribution in [1.29, 1.82) is 0 Å². The molecule has 1 aliphatic carbocycles. The molecule has 4 N–H and O–H groups in total. The number of aromatic amines is 1. The van der Waals surface area contributed by atoms with Gasteiger partial charge in [0.1, 0.15) is 0 Å². The van der Waals surface area contributed by atoms with Gasteiger partial charge in [0.2, 0.25) is 5.91 Å². The highest BCUT2D eigenvalue weighted by molar-refractivity contribution is 5.96. The van der Waals surface area contributed by atoms with Crippen LogP contribution in [0.5, 0.6) is 0 Å². The molecule has 1 fully saturated rings. The summed E-state index contributed by atoms with van der Waals surface area (Å²) in [5, 5.41) is 11.9. The van der Waals surface area contributed by atoms with Gasteiger partial charge in [0.25, 0.3) is 0 Å². The maximum Gasteiger partial charge on any atom is 0.228 e. The van der Waals surface area contributed by atoms with E-state index in [1.165, 1.54) is 5.56 Å². The van der Waals surface area contributed by atoms with Crippen LogP contribution in [0.25, 0.3) is 10.9 Å². The fraction of sp³-hybridized carbons (Fsp3) is 0.200. The molecule has 0 saturated heterocycles. The van der Waals surface area contributed by atoms with Crippen LogP contribution in [-0.2, 0) is 11.2 Å². The molecule has 5 rings (SSSR count). The SMILES string of the molecule is Cc1cc2n[nH]c(C3CC3c3cccc(N)c3)c2cc1NC(=O)Cc1ccccc1. The second-order valence-electron chi connectivity index (χ2n) is 8.15. The van der Waals surface area contributed by atoms with Crippen LogP contribution in [0.4, 0.5) is 11.4 Å². The third-order valence-corrected chi connectivity index (χ3v) is 5.91. The molecule has 0 bridgehead atoms. The number of nitrogens with one attached hydrogen (secondary N) is 2. The summed E-state index contributed by atoms with van der Waals surface area (Å²) in [6.45, 7) is 2.00. The number of H-pyrrole nitrogens is 1. The zero-order valence-corrected chi connectivity index (χ0v) is 16.9. The summed E-state index contributed by atoms with van der Waals surface area (Å²) in [5.41, 5.74) is 12.9. The van der Waals surface area contributed by atoms with Gasteiger partial charge >= 0.3 is 0 Å². The monoisotopic (exact) mass is 396 g/mol. The van der Waals surface area contributed by atoms with E-state index >= 15 is 0 Å². The minimum atomic E-state index is -0.0160. The number of nitrogen functional groups attached to an aromatic ring is 1. The van der Waals surface area contributed by atoms with Crippen LogP contribution in [0.2, 0.25) is 0 Å². The van der Waals surface area contributed by atoms with E-state index in [0.29, 0.717) is 18.3 Å². The molecule has 3 aromatic carbocycles. The summed E-state index contributed by atoms with van der Waals surface area (Å²) < 4.78 is 0. The minimum absolute atomic E-state index is 0.0160. The number of hydrogen-bond donors (Lipinski definition) is 3. The smallest absolute Gasteiger partial charge is 0.228 e. The molecule has 1 amide bonds. The highest BCUT2D eigenvalue weighted by Gasteiger charge is 2.41. The Morgan fingerprint density at radius 1 is 1.10 bits per heavy atom. The zero-order valence-electron chi connectivity index (χ0n) is 16.9. The Balaban J connectivity index is 1.39. The Labute approximate surface area is 175 Å². The molecule has 1 aromatic heterocycles. The standard InChI is InChI=1S/C25H24N4O/c1-15-10-23-21(14-22(15)27-24(30)11-16-6-3-2-4-7-16)25(29-28-23)20-13-19(20)17-8-5-9-18(26)12-17/h2-10,12,14,19-20H,11,13,26H2,1H3,(H,27,30)(H,28,29). The third kappa shape index (κ3) is 3.54. The lowest BCUT2D eigenvalue weighted by atomic mass is 10.0. The second kappa shape index (κ2) is 7.34. The fourth-order valence-corrected chi connectivity index (χ4v) is 4.25. The average Bonchev–Trinajstić information content (AvgIpc) is 3.43. The van der Waals surface area contributed by atoms with E-state index in [2.05, 4.69) is 33.7 Å². The summed E-state index contributed by atoms with van der Waals surface area (Å²) in [5.74, 6) is 0.833. The molecule has 1 heterocycles. The van der Waals surface area contributed by atoms with Crippen LogP contribution in [0.1, 0.15) is 40.6 Å². The third-order valence-electron chi connectivity index (χ3n) is 5.91. The Kier molecular flexibility index (Phi) is 4.51. The average molecular weight is 396 g/mol. The van der Waals surface area contributed by atoms with E-state index in [-0.39, 0.29) is 5.91 Å². The van der Waals surface area contributed by atoms with Gasteiger partial charge in [-0.3, -0.25) is 9.89 Å². The quantitative estimate of drug-likeness (QED) is 0.419. The van der Waals surface area contributed by atoms with Crippen molar-refractivity contribution in [2.24, 2.45) is 0 Å². The van der Waals surface area contributed by atoms with Gasteiger partial charge in [-0.2, -0.15) is 5.10 Å². The van der Waals surface area contributed by atoms with Crippen molar-refractivity contribution in [1.82, 2.24) is 10.2 Å².